The Morgan fingerprint density at radius 3 is 2.54 bits per heavy atom. The van der Waals surface area contributed by atoms with Gasteiger partial charge in [-0.15, -0.1) is 0 Å². The molecule has 1 aliphatic rings. The topological polar surface area (TPSA) is 89.3 Å². The summed E-state index contributed by atoms with van der Waals surface area (Å²) in [4.78, 5) is 38.3. The summed E-state index contributed by atoms with van der Waals surface area (Å²) in [5.41, 5.74) is 2.85. The number of fused-ring (bicyclic) bond motifs is 1. The summed E-state index contributed by atoms with van der Waals surface area (Å²) in [5.74, 6) is 1.11. The fourth-order valence-corrected chi connectivity index (χ4v) is 4.37. The summed E-state index contributed by atoms with van der Waals surface area (Å²) in [5, 5.41) is 0. The molecule has 9 nitrogen and oxygen atoms in total. The summed E-state index contributed by atoms with van der Waals surface area (Å²) >= 11 is 0. The molecule has 4 aromatic rings. The van der Waals surface area contributed by atoms with Crippen LogP contribution in [0.1, 0.15) is 28.5 Å². The second-order valence-electron chi connectivity index (χ2n) is 8.82. The molecule has 9 heteroatoms. The maximum absolute atomic E-state index is 13.3. The predicted octanol–water partition coefficient (Wildman–Crippen LogP) is 3.03. The highest BCUT2D eigenvalue weighted by Gasteiger charge is 2.23. The Morgan fingerprint density at radius 2 is 1.76 bits per heavy atom. The lowest BCUT2D eigenvalue weighted by molar-refractivity contribution is 0.0626. The molecule has 0 aliphatic carbocycles. The Labute approximate surface area is 214 Å². The van der Waals surface area contributed by atoms with Gasteiger partial charge in [0.2, 0.25) is 0 Å². The Bertz CT molecular complexity index is 1430. The number of ether oxygens (including phenoxy) is 2. The summed E-state index contributed by atoms with van der Waals surface area (Å²) in [6.45, 7) is 5.91. The Hall–Kier alpha value is -4.24. The predicted molar refractivity (Wildman–Crippen MR) is 139 cm³/mol. The SMILES string of the molecule is CCOc1cc(C(=O)N2CCN(Cc3cc(=O)n4ccccc4n3)CC2)ccc1OCc1ccncc1. The normalized spacial score (nSPS) is 14.0. The first kappa shape index (κ1) is 24.5. The van der Waals surface area contributed by atoms with Gasteiger partial charge in [-0.05, 0) is 55.0 Å². The van der Waals surface area contributed by atoms with Gasteiger partial charge < -0.3 is 14.4 Å². The molecule has 190 valence electrons. The maximum Gasteiger partial charge on any atom is 0.258 e. The third-order valence-electron chi connectivity index (χ3n) is 6.30. The van der Waals surface area contributed by atoms with E-state index in [0.29, 0.717) is 68.6 Å². The van der Waals surface area contributed by atoms with E-state index in [1.165, 1.54) is 4.40 Å². The van der Waals surface area contributed by atoms with Gasteiger partial charge in [-0.2, -0.15) is 0 Å². The Balaban J connectivity index is 1.21. The molecule has 1 aromatic carbocycles. The largest absolute Gasteiger partial charge is 0.490 e. The van der Waals surface area contributed by atoms with Crippen molar-refractivity contribution < 1.29 is 14.3 Å². The van der Waals surface area contributed by atoms with Crippen molar-refractivity contribution in [3.63, 3.8) is 0 Å². The van der Waals surface area contributed by atoms with E-state index in [1.807, 2.05) is 42.2 Å². The van der Waals surface area contributed by atoms with E-state index < -0.39 is 0 Å². The Morgan fingerprint density at radius 1 is 0.946 bits per heavy atom. The molecule has 0 atom stereocenters. The fraction of sp³-hybridized carbons (Fsp3) is 0.286. The van der Waals surface area contributed by atoms with E-state index in [-0.39, 0.29) is 11.5 Å². The van der Waals surface area contributed by atoms with Gasteiger partial charge in [0.25, 0.3) is 11.5 Å². The van der Waals surface area contributed by atoms with Crippen molar-refractivity contribution in [3.05, 3.63) is 100 Å². The van der Waals surface area contributed by atoms with Crippen molar-refractivity contribution in [2.45, 2.75) is 20.1 Å². The smallest absolute Gasteiger partial charge is 0.258 e. The van der Waals surface area contributed by atoms with Crippen molar-refractivity contribution in [2.75, 3.05) is 32.8 Å². The van der Waals surface area contributed by atoms with Gasteiger partial charge in [0.15, 0.2) is 11.5 Å². The first-order valence-electron chi connectivity index (χ1n) is 12.4. The zero-order chi connectivity index (χ0) is 25.6. The highest BCUT2D eigenvalue weighted by atomic mass is 16.5. The average Bonchev–Trinajstić information content (AvgIpc) is 2.93. The number of carbonyl (C=O) groups excluding carboxylic acids is 1. The molecule has 0 N–H and O–H groups in total. The molecule has 37 heavy (non-hydrogen) atoms. The lowest BCUT2D eigenvalue weighted by atomic mass is 10.1. The van der Waals surface area contributed by atoms with E-state index in [2.05, 4.69) is 14.9 Å². The van der Waals surface area contributed by atoms with Gasteiger partial charge in [0.05, 0.1) is 12.3 Å². The number of benzene rings is 1. The molecule has 0 spiro atoms. The molecule has 1 saturated heterocycles. The van der Waals surface area contributed by atoms with Crippen LogP contribution in [0.5, 0.6) is 11.5 Å². The monoisotopic (exact) mass is 499 g/mol. The second kappa shape index (κ2) is 11.2. The molecule has 4 heterocycles. The van der Waals surface area contributed by atoms with Crippen LogP contribution in [-0.4, -0.2) is 62.9 Å². The van der Waals surface area contributed by atoms with E-state index in [1.54, 1.807) is 42.9 Å². The molecule has 0 bridgehead atoms. The molecule has 0 unspecified atom stereocenters. The third kappa shape index (κ3) is 5.78. The summed E-state index contributed by atoms with van der Waals surface area (Å²) in [7, 11) is 0. The van der Waals surface area contributed by atoms with Crippen molar-refractivity contribution >= 4 is 11.6 Å². The molecule has 0 radical (unpaired) electrons. The number of piperazine rings is 1. The lowest BCUT2D eigenvalue weighted by Gasteiger charge is -2.34. The van der Waals surface area contributed by atoms with Gasteiger partial charge in [0, 0.05) is 62.9 Å². The molecule has 1 amide bonds. The van der Waals surface area contributed by atoms with E-state index in [0.717, 1.165) is 11.3 Å². The summed E-state index contributed by atoms with van der Waals surface area (Å²) in [6, 6.07) is 16.2. The van der Waals surface area contributed by atoms with Crippen molar-refractivity contribution in [3.8, 4) is 11.5 Å². The number of hydrogen-bond donors (Lipinski definition) is 0. The molecule has 0 saturated carbocycles. The highest BCUT2D eigenvalue weighted by Crippen LogP contribution is 2.30. The maximum atomic E-state index is 13.3. The zero-order valence-electron chi connectivity index (χ0n) is 20.7. The Kier molecular flexibility index (Phi) is 7.41. The van der Waals surface area contributed by atoms with Gasteiger partial charge in [-0.1, -0.05) is 6.07 Å². The minimum atomic E-state index is -0.0901. The van der Waals surface area contributed by atoms with E-state index in [4.69, 9.17) is 9.47 Å². The van der Waals surface area contributed by atoms with Crippen LogP contribution in [0.15, 0.2) is 78.0 Å². The van der Waals surface area contributed by atoms with Crippen LogP contribution >= 0.6 is 0 Å². The van der Waals surface area contributed by atoms with Crippen LogP contribution in [0.4, 0.5) is 0 Å². The van der Waals surface area contributed by atoms with Crippen LogP contribution in [0, 0.1) is 0 Å². The van der Waals surface area contributed by atoms with Crippen LogP contribution in [0.3, 0.4) is 0 Å². The van der Waals surface area contributed by atoms with Crippen LogP contribution in [-0.2, 0) is 13.2 Å². The molecular weight excluding hydrogens is 470 g/mol. The highest BCUT2D eigenvalue weighted by molar-refractivity contribution is 5.95. The fourth-order valence-electron chi connectivity index (χ4n) is 4.37. The van der Waals surface area contributed by atoms with E-state index >= 15 is 0 Å². The van der Waals surface area contributed by atoms with Crippen molar-refractivity contribution in [2.24, 2.45) is 0 Å². The summed E-state index contributed by atoms with van der Waals surface area (Å²) in [6.07, 6.45) is 5.17. The zero-order valence-corrected chi connectivity index (χ0v) is 20.7. The number of pyridine rings is 2. The molecule has 1 fully saturated rings. The number of nitrogens with zero attached hydrogens (tertiary/aromatic N) is 5. The standard InChI is InChI=1S/C28H29N5O4/c1-2-36-25-17-22(6-7-24(25)37-20-21-8-10-29-11-9-21)28(35)32-15-13-31(14-16-32)19-23-18-27(34)33-12-4-3-5-26(33)30-23/h3-12,17-18H,2,13-16,19-20H2,1H3. The average molecular weight is 500 g/mol. The number of hydrogen-bond acceptors (Lipinski definition) is 7. The third-order valence-corrected chi connectivity index (χ3v) is 6.30. The van der Waals surface area contributed by atoms with Gasteiger partial charge >= 0.3 is 0 Å². The van der Waals surface area contributed by atoms with E-state index in [9.17, 15) is 9.59 Å². The number of aromatic nitrogens is 3. The minimum absolute atomic E-state index is 0.0386. The molecule has 3 aromatic heterocycles. The van der Waals surface area contributed by atoms with Crippen LogP contribution in [0.25, 0.3) is 5.65 Å². The first-order chi connectivity index (χ1) is 18.1. The number of carbonyl (C=O) groups is 1. The van der Waals surface area contributed by atoms with Gasteiger partial charge in [-0.3, -0.25) is 23.9 Å². The van der Waals surface area contributed by atoms with Crippen molar-refractivity contribution in [1.29, 1.82) is 0 Å². The first-order valence-corrected chi connectivity index (χ1v) is 12.4. The minimum Gasteiger partial charge on any atom is -0.490 e. The van der Waals surface area contributed by atoms with Crippen LogP contribution in [0.2, 0.25) is 0 Å². The molecule has 5 rings (SSSR count). The van der Waals surface area contributed by atoms with Crippen molar-refractivity contribution in [1.82, 2.24) is 24.2 Å². The lowest BCUT2D eigenvalue weighted by Crippen LogP contribution is -2.48. The van der Waals surface area contributed by atoms with Gasteiger partial charge in [0.1, 0.15) is 12.3 Å². The number of rotatable bonds is 8. The second-order valence-corrected chi connectivity index (χ2v) is 8.82. The van der Waals surface area contributed by atoms with Crippen LogP contribution < -0.4 is 15.0 Å². The molecule has 1 aliphatic heterocycles. The number of amides is 1. The molecular formula is C28H29N5O4. The quantitative estimate of drug-likeness (QED) is 0.368. The van der Waals surface area contributed by atoms with Gasteiger partial charge in [-0.25, -0.2) is 4.98 Å². The summed E-state index contributed by atoms with van der Waals surface area (Å²) < 4.78 is 13.3.